The van der Waals surface area contributed by atoms with E-state index in [0.29, 0.717) is 26.1 Å². The van der Waals surface area contributed by atoms with Crippen LogP contribution >= 0.6 is 0 Å². The van der Waals surface area contributed by atoms with Crippen molar-refractivity contribution in [1.29, 1.82) is 0 Å². The summed E-state index contributed by atoms with van der Waals surface area (Å²) in [6, 6.07) is 0. The Balaban J connectivity index is 1.89. The fourth-order valence-electron chi connectivity index (χ4n) is 2.14. The highest BCUT2D eigenvalue weighted by Crippen LogP contribution is 2.21. The summed E-state index contributed by atoms with van der Waals surface area (Å²) >= 11 is 0. The number of aliphatic carboxylic acids is 1. The zero-order valence-corrected chi connectivity index (χ0v) is 8.52. The summed E-state index contributed by atoms with van der Waals surface area (Å²) in [6.45, 7) is 1.54. The smallest absolute Gasteiger partial charge is 0.308 e. The number of ether oxygens (including phenoxy) is 1. The van der Waals surface area contributed by atoms with E-state index in [1.165, 1.54) is 0 Å². The fourth-order valence-corrected chi connectivity index (χ4v) is 2.14. The number of hydrogen-bond donors (Lipinski definition) is 1. The third kappa shape index (κ3) is 2.12. The van der Waals surface area contributed by atoms with Gasteiger partial charge in [-0.25, -0.2) is 0 Å². The third-order valence-electron chi connectivity index (χ3n) is 3.05. The van der Waals surface area contributed by atoms with E-state index in [0.717, 1.165) is 12.8 Å². The molecule has 1 amide bonds. The molecule has 0 radical (unpaired) electrons. The number of carbonyl (C=O) groups is 2. The SMILES string of the molecule is O=C(O)[C@@H]1CCN(C(=O)[C@H]2CCCO2)C1. The first-order valence-corrected chi connectivity index (χ1v) is 5.31. The molecule has 0 aromatic rings. The summed E-state index contributed by atoms with van der Waals surface area (Å²) in [5, 5.41) is 8.81. The fraction of sp³-hybridized carbons (Fsp3) is 0.800. The Hall–Kier alpha value is -1.10. The van der Waals surface area contributed by atoms with E-state index in [4.69, 9.17) is 9.84 Å². The molecular formula is C10H15NO4. The highest BCUT2D eigenvalue weighted by Gasteiger charge is 2.35. The Morgan fingerprint density at radius 2 is 2.13 bits per heavy atom. The highest BCUT2D eigenvalue weighted by molar-refractivity contribution is 5.82. The Bertz CT molecular complexity index is 273. The second kappa shape index (κ2) is 4.18. The molecule has 0 unspecified atom stereocenters. The summed E-state index contributed by atoms with van der Waals surface area (Å²) < 4.78 is 5.28. The summed E-state index contributed by atoms with van der Waals surface area (Å²) in [5.41, 5.74) is 0. The van der Waals surface area contributed by atoms with E-state index in [1.54, 1.807) is 4.90 Å². The largest absolute Gasteiger partial charge is 0.481 e. The average Bonchev–Trinajstić information content (AvgIpc) is 2.88. The van der Waals surface area contributed by atoms with Crippen molar-refractivity contribution in [2.75, 3.05) is 19.7 Å². The van der Waals surface area contributed by atoms with Crippen LogP contribution in [0, 0.1) is 5.92 Å². The minimum absolute atomic E-state index is 0.0312. The van der Waals surface area contributed by atoms with Gasteiger partial charge in [0.25, 0.3) is 5.91 Å². The summed E-state index contributed by atoms with van der Waals surface area (Å²) in [7, 11) is 0. The van der Waals surface area contributed by atoms with E-state index in [2.05, 4.69) is 0 Å². The van der Waals surface area contributed by atoms with Crippen LogP contribution in [0.3, 0.4) is 0 Å². The van der Waals surface area contributed by atoms with E-state index < -0.39 is 11.9 Å². The van der Waals surface area contributed by atoms with Gasteiger partial charge in [-0.2, -0.15) is 0 Å². The number of amides is 1. The van der Waals surface area contributed by atoms with Crippen LogP contribution in [0.5, 0.6) is 0 Å². The topological polar surface area (TPSA) is 66.8 Å². The first-order valence-electron chi connectivity index (χ1n) is 5.31. The zero-order chi connectivity index (χ0) is 10.8. The lowest BCUT2D eigenvalue weighted by molar-refractivity contribution is -0.142. The number of rotatable bonds is 2. The van der Waals surface area contributed by atoms with Gasteiger partial charge in [-0.05, 0) is 19.3 Å². The molecule has 0 aromatic carbocycles. The van der Waals surface area contributed by atoms with Crippen molar-refractivity contribution >= 4 is 11.9 Å². The molecule has 5 heteroatoms. The van der Waals surface area contributed by atoms with Gasteiger partial charge in [-0.15, -0.1) is 0 Å². The molecule has 2 saturated heterocycles. The van der Waals surface area contributed by atoms with E-state index in [-0.39, 0.29) is 12.0 Å². The Labute approximate surface area is 88.0 Å². The molecule has 1 N–H and O–H groups in total. The first kappa shape index (κ1) is 10.4. The lowest BCUT2D eigenvalue weighted by Crippen LogP contribution is -2.37. The van der Waals surface area contributed by atoms with Crippen molar-refractivity contribution in [3.05, 3.63) is 0 Å². The Kier molecular flexibility index (Phi) is 2.90. The minimum atomic E-state index is -0.808. The van der Waals surface area contributed by atoms with Crippen LogP contribution in [0.15, 0.2) is 0 Å². The van der Waals surface area contributed by atoms with Gasteiger partial charge >= 0.3 is 5.97 Å². The number of carboxylic acids is 1. The molecule has 2 rings (SSSR count). The van der Waals surface area contributed by atoms with Crippen molar-refractivity contribution in [2.24, 2.45) is 5.92 Å². The lowest BCUT2D eigenvalue weighted by Gasteiger charge is -2.19. The molecule has 84 valence electrons. The standard InChI is InChI=1S/C10H15NO4/c12-9(8-2-1-5-15-8)11-4-3-7(6-11)10(13)14/h7-8H,1-6H2,(H,13,14)/t7-,8-/m1/s1. The summed E-state index contributed by atoms with van der Waals surface area (Å²) in [6.07, 6.45) is 1.94. The van der Waals surface area contributed by atoms with E-state index >= 15 is 0 Å². The minimum Gasteiger partial charge on any atom is -0.481 e. The van der Waals surface area contributed by atoms with Crippen LogP contribution in [0.4, 0.5) is 0 Å². The summed E-state index contributed by atoms with van der Waals surface area (Å²) in [4.78, 5) is 24.2. The number of carbonyl (C=O) groups excluding carboxylic acids is 1. The van der Waals surface area contributed by atoms with Crippen molar-refractivity contribution in [1.82, 2.24) is 4.90 Å². The Morgan fingerprint density at radius 3 is 2.67 bits per heavy atom. The van der Waals surface area contributed by atoms with Gasteiger partial charge in [0.1, 0.15) is 6.10 Å². The maximum absolute atomic E-state index is 11.8. The van der Waals surface area contributed by atoms with E-state index in [9.17, 15) is 9.59 Å². The average molecular weight is 213 g/mol. The highest BCUT2D eigenvalue weighted by atomic mass is 16.5. The molecule has 2 aliphatic rings. The zero-order valence-electron chi connectivity index (χ0n) is 8.52. The van der Waals surface area contributed by atoms with Crippen LogP contribution < -0.4 is 0 Å². The molecule has 2 fully saturated rings. The quantitative estimate of drug-likeness (QED) is 0.706. The Morgan fingerprint density at radius 1 is 1.33 bits per heavy atom. The molecule has 0 bridgehead atoms. The van der Waals surface area contributed by atoms with Crippen LogP contribution in [0.25, 0.3) is 0 Å². The van der Waals surface area contributed by atoms with Gasteiger partial charge < -0.3 is 14.7 Å². The second-order valence-corrected chi connectivity index (χ2v) is 4.11. The van der Waals surface area contributed by atoms with Crippen LogP contribution in [-0.4, -0.2) is 47.7 Å². The number of nitrogens with zero attached hydrogens (tertiary/aromatic N) is 1. The monoisotopic (exact) mass is 213 g/mol. The number of hydrogen-bond acceptors (Lipinski definition) is 3. The van der Waals surface area contributed by atoms with Crippen molar-refractivity contribution in [3.8, 4) is 0 Å². The number of likely N-dealkylation sites (tertiary alicyclic amines) is 1. The lowest BCUT2D eigenvalue weighted by atomic mass is 10.1. The second-order valence-electron chi connectivity index (χ2n) is 4.11. The predicted octanol–water partition coefficient (Wildman–Crippen LogP) is 0.0985. The predicted molar refractivity (Wildman–Crippen MR) is 51.3 cm³/mol. The van der Waals surface area contributed by atoms with E-state index in [1.807, 2.05) is 0 Å². The first-order chi connectivity index (χ1) is 7.18. The molecule has 2 heterocycles. The third-order valence-corrected chi connectivity index (χ3v) is 3.05. The molecule has 2 aliphatic heterocycles. The molecule has 15 heavy (non-hydrogen) atoms. The van der Waals surface area contributed by atoms with Gasteiger partial charge in [0.05, 0.1) is 5.92 Å². The molecule has 0 aromatic heterocycles. The number of carboxylic acid groups (broad SMARTS) is 1. The molecule has 2 atom stereocenters. The molecule has 0 spiro atoms. The van der Waals surface area contributed by atoms with Crippen molar-refractivity contribution < 1.29 is 19.4 Å². The molecule has 0 aliphatic carbocycles. The van der Waals surface area contributed by atoms with Crippen LogP contribution in [-0.2, 0) is 14.3 Å². The van der Waals surface area contributed by atoms with Gasteiger partial charge in [-0.3, -0.25) is 9.59 Å². The molecule has 0 saturated carbocycles. The normalized spacial score (nSPS) is 30.8. The van der Waals surface area contributed by atoms with Gasteiger partial charge in [0.15, 0.2) is 0 Å². The van der Waals surface area contributed by atoms with Gasteiger partial charge in [0.2, 0.25) is 0 Å². The van der Waals surface area contributed by atoms with Crippen molar-refractivity contribution in [3.63, 3.8) is 0 Å². The maximum atomic E-state index is 11.8. The summed E-state index contributed by atoms with van der Waals surface area (Å²) in [5.74, 6) is -1.23. The molecular weight excluding hydrogens is 198 g/mol. The molecule has 5 nitrogen and oxygen atoms in total. The van der Waals surface area contributed by atoms with Crippen LogP contribution in [0.2, 0.25) is 0 Å². The van der Waals surface area contributed by atoms with Gasteiger partial charge in [-0.1, -0.05) is 0 Å². The van der Waals surface area contributed by atoms with Crippen LogP contribution in [0.1, 0.15) is 19.3 Å². The maximum Gasteiger partial charge on any atom is 0.308 e. The van der Waals surface area contributed by atoms with Crippen molar-refractivity contribution in [2.45, 2.75) is 25.4 Å². The van der Waals surface area contributed by atoms with Gasteiger partial charge in [0, 0.05) is 19.7 Å².